The van der Waals surface area contributed by atoms with E-state index in [1.807, 2.05) is 13.0 Å². The van der Waals surface area contributed by atoms with Gasteiger partial charge in [0.15, 0.2) is 16.4 Å². The number of ether oxygens (including phenoxy) is 1. The lowest BCUT2D eigenvalue weighted by atomic mass is 10.1. The summed E-state index contributed by atoms with van der Waals surface area (Å²) in [6.45, 7) is 1.65. The van der Waals surface area contributed by atoms with Crippen molar-refractivity contribution in [3.8, 4) is 11.8 Å². The molecule has 0 heterocycles. The topological polar surface area (TPSA) is 87.5 Å². The van der Waals surface area contributed by atoms with Crippen molar-refractivity contribution in [2.24, 2.45) is 0 Å². The van der Waals surface area contributed by atoms with E-state index in [1.54, 1.807) is 43.4 Å². The van der Waals surface area contributed by atoms with Crippen molar-refractivity contribution in [1.29, 1.82) is 5.26 Å². The summed E-state index contributed by atoms with van der Waals surface area (Å²) in [5.41, 5.74) is 1.18. The fourth-order valence-corrected chi connectivity index (χ4v) is 2.99. The van der Waals surface area contributed by atoms with Crippen molar-refractivity contribution in [3.05, 3.63) is 59.7 Å². The Hall–Kier alpha value is -2.85. The number of rotatable bonds is 6. The average Bonchev–Trinajstić information content (AvgIpc) is 2.64. The maximum Gasteiger partial charge on any atom is 0.260 e. The lowest BCUT2D eigenvalue weighted by Crippen LogP contribution is -2.33. The lowest BCUT2D eigenvalue weighted by molar-refractivity contribution is -0.134. The summed E-state index contributed by atoms with van der Waals surface area (Å²) >= 11 is 0. The Morgan fingerprint density at radius 3 is 2.38 bits per heavy atom. The molecule has 0 spiro atoms. The minimum Gasteiger partial charge on any atom is -0.482 e. The molecule has 0 saturated heterocycles. The second-order valence-electron chi connectivity index (χ2n) is 5.92. The van der Waals surface area contributed by atoms with Gasteiger partial charge in [-0.2, -0.15) is 5.26 Å². The molecule has 7 heteroatoms. The minimum absolute atomic E-state index is 0.193. The van der Waals surface area contributed by atoms with Crippen molar-refractivity contribution in [1.82, 2.24) is 4.90 Å². The predicted molar refractivity (Wildman–Crippen MR) is 97.4 cm³/mol. The van der Waals surface area contributed by atoms with Gasteiger partial charge in [0.2, 0.25) is 0 Å². The number of nitrogens with zero attached hydrogens (tertiary/aromatic N) is 2. The van der Waals surface area contributed by atoms with Gasteiger partial charge in [0.05, 0.1) is 16.5 Å². The molecule has 136 valence electrons. The summed E-state index contributed by atoms with van der Waals surface area (Å²) in [7, 11) is -1.60. The van der Waals surface area contributed by atoms with E-state index in [0.29, 0.717) is 11.3 Å². The number of para-hydroxylation sites is 1. The standard InChI is InChI=1S/C19H20N2O4S/c1-14(15-8-10-17(11-9-15)26(3,23)24)21(2)19(22)13-25-18-7-5-4-6-16(18)12-20/h4-11,14H,13H2,1-3H3. The number of amides is 1. The molecule has 0 fully saturated rings. The summed E-state index contributed by atoms with van der Waals surface area (Å²) in [5.74, 6) is 0.111. The van der Waals surface area contributed by atoms with Gasteiger partial charge in [0, 0.05) is 13.3 Å². The summed E-state index contributed by atoms with van der Waals surface area (Å²) in [5, 5.41) is 9.04. The van der Waals surface area contributed by atoms with Crippen LogP contribution in [0.4, 0.5) is 0 Å². The quantitative estimate of drug-likeness (QED) is 0.778. The van der Waals surface area contributed by atoms with Crippen LogP contribution in [0.15, 0.2) is 53.4 Å². The number of hydrogen-bond donors (Lipinski definition) is 0. The van der Waals surface area contributed by atoms with E-state index in [1.165, 1.54) is 17.0 Å². The summed E-state index contributed by atoms with van der Waals surface area (Å²) in [4.78, 5) is 14.1. The molecular formula is C19H20N2O4S. The van der Waals surface area contributed by atoms with Crippen LogP contribution in [-0.2, 0) is 14.6 Å². The highest BCUT2D eigenvalue weighted by molar-refractivity contribution is 7.90. The van der Waals surface area contributed by atoms with Crippen molar-refractivity contribution >= 4 is 15.7 Å². The molecular weight excluding hydrogens is 352 g/mol. The van der Waals surface area contributed by atoms with Gasteiger partial charge in [-0.3, -0.25) is 4.79 Å². The van der Waals surface area contributed by atoms with Gasteiger partial charge >= 0.3 is 0 Å². The Bertz CT molecular complexity index is 931. The van der Waals surface area contributed by atoms with E-state index in [0.717, 1.165) is 11.8 Å². The highest BCUT2D eigenvalue weighted by Crippen LogP contribution is 2.22. The third-order valence-electron chi connectivity index (χ3n) is 4.12. The first-order valence-electron chi connectivity index (χ1n) is 7.91. The van der Waals surface area contributed by atoms with Crippen LogP contribution in [0.3, 0.4) is 0 Å². The molecule has 0 aromatic heterocycles. The SMILES string of the molecule is CC(c1ccc(S(C)(=O)=O)cc1)N(C)C(=O)COc1ccccc1C#N. The van der Waals surface area contributed by atoms with Crippen molar-refractivity contribution in [3.63, 3.8) is 0 Å². The first-order valence-corrected chi connectivity index (χ1v) is 9.80. The number of nitriles is 1. The van der Waals surface area contributed by atoms with Gasteiger partial charge in [-0.05, 0) is 36.8 Å². The maximum atomic E-state index is 12.4. The van der Waals surface area contributed by atoms with Gasteiger partial charge < -0.3 is 9.64 Å². The molecule has 1 unspecified atom stereocenters. The predicted octanol–water partition coefficient (Wildman–Crippen LogP) is 2.56. The summed E-state index contributed by atoms with van der Waals surface area (Å²) in [6, 6.07) is 14.9. The molecule has 2 rings (SSSR count). The Morgan fingerprint density at radius 2 is 1.81 bits per heavy atom. The van der Waals surface area contributed by atoms with Gasteiger partial charge in [0.25, 0.3) is 5.91 Å². The van der Waals surface area contributed by atoms with Gasteiger partial charge in [-0.25, -0.2) is 8.42 Å². The highest BCUT2D eigenvalue weighted by Gasteiger charge is 2.19. The van der Waals surface area contributed by atoms with Crippen LogP contribution in [0.25, 0.3) is 0 Å². The van der Waals surface area contributed by atoms with Crippen LogP contribution in [0.5, 0.6) is 5.75 Å². The van der Waals surface area contributed by atoms with E-state index >= 15 is 0 Å². The first kappa shape index (κ1) is 19.5. The van der Waals surface area contributed by atoms with Crippen LogP contribution < -0.4 is 4.74 Å². The molecule has 2 aromatic rings. The zero-order valence-corrected chi connectivity index (χ0v) is 15.7. The molecule has 0 saturated carbocycles. The van der Waals surface area contributed by atoms with E-state index in [-0.39, 0.29) is 23.5 Å². The Balaban J connectivity index is 2.04. The third-order valence-corrected chi connectivity index (χ3v) is 5.25. The lowest BCUT2D eigenvalue weighted by Gasteiger charge is -2.25. The minimum atomic E-state index is -3.25. The first-order chi connectivity index (χ1) is 12.2. The maximum absolute atomic E-state index is 12.4. The second-order valence-corrected chi connectivity index (χ2v) is 7.93. The molecule has 0 N–H and O–H groups in total. The Labute approximate surface area is 153 Å². The van der Waals surface area contributed by atoms with Crippen LogP contribution in [-0.4, -0.2) is 39.1 Å². The van der Waals surface area contributed by atoms with Gasteiger partial charge in [-0.1, -0.05) is 24.3 Å². The largest absolute Gasteiger partial charge is 0.482 e. The van der Waals surface area contributed by atoms with Crippen molar-refractivity contribution in [2.75, 3.05) is 19.9 Å². The van der Waals surface area contributed by atoms with Crippen LogP contribution in [0, 0.1) is 11.3 Å². The zero-order valence-electron chi connectivity index (χ0n) is 14.8. The number of benzene rings is 2. The Kier molecular flexibility index (Phi) is 6.01. The highest BCUT2D eigenvalue weighted by atomic mass is 32.2. The van der Waals surface area contributed by atoms with E-state index in [4.69, 9.17) is 10.00 Å². The smallest absolute Gasteiger partial charge is 0.260 e. The van der Waals surface area contributed by atoms with E-state index in [2.05, 4.69) is 0 Å². The molecule has 0 bridgehead atoms. The summed E-state index contributed by atoms with van der Waals surface area (Å²) in [6.07, 6.45) is 1.15. The molecule has 0 aliphatic heterocycles. The van der Waals surface area contributed by atoms with Crippen LogP contribution in [0.1, 0.15) is 24.1 Å². The molecule has 1 atom stereocenters. The van der Waals surface area contributed by atoms with Crippen molar-refractivity contribution < 1.29 is 17.9 Å². The zero-order chi connectivity index (χ0) is 19.3. The third kappa shape index (κ3) is 4.61. The number of hydrogen-bond acceptors (Lipinski definition) is 5. The van der Waals surface area contributed by atoms with E-state index in [9.17, 15) is 13.2 Å². The second kappa shape index (κ2) is 8.02. The molecule has 26 heavy (non-hydrogen) atoms. The summed E-state index contributed by atoms with van der Waals surface area (Å²) < 4.78 is 28.5. The molecule has 1 amide bonds. The number of sulfone groups is 1. The fraction of sp³-hybridized carbons (Fsp3) is 0.263. The van der Waals surface area contributed by atoms with Gasteiger partial charge in [0.1, 0.15) is 11.8 Å². The number of likely N-dealkylation sites (N-methyl/N-ethyl adjacent to an activating group) is 1. The van der Waals surface area contributed by atoms with Crippen LogP contribution in [0.2, 0.25) is 0 Å². The number of carbonyl (C=O) groups excluding carboxylic acids is 1. The normalized spacial score (nSPS) is 12.1. The molecule has 0 radical (unpaired) electrons. The molecule has 2 aromatic carbocycles. The fourth-order valence-electron chi connectivity index (χ4n) is 2.36. The average molecular weight is 372 g/mol. The van der Waals surface area contributed by atoms with Gasteiger partial charge in [-0.15, -0.1) is 0 Å². The van der Waals surface area contributed by atoms with E-state index < -0.39 is 9.84 Å². The van der Waals surface area contributed by atoms with Crippen molar-refractivity contribution in [2.45, 2.75) is 17.9 Å². The molecule has 6 nitrogen and oxygen atoms in total. The molecule has 0 aliphatic rings. The number of carbonyl (C=O) groups is 1. The molecule has 0 aliphatic carbocycles. The Morgan fingerprint density at radius 1 is 1.19 bits per heavy atom. The van der Waals surface area contributed by atoms with Crippen LogP contribution >= 0.6 is 0 Å². The monoisotopic (exact) mass is 372 g/mol.